The van der Waals surface area contributed by atoms with Crippen molar-refractivity contribution in [1.82, 2.24) is 14.8 Å². The van der Waals surface area contributed by atoms with Crippen molar-refractivity contribution in [3.8, 4) is 0 Å². The van der Waals surface area contributed by atoms with Crippen LogP contribution in [0.4, 0.5) is 4.79 Å². The number of imide groups is 1. The van der Waals surface area contributed by atoms with Crippen LogP contribution in [0.1, 0.15) is 60.8 Å². The molecule has 2 fully saturated rings. The first-order valence-electron chi connectivity index (χ1n) is 10.1. The van der Waals surface area contributed by atoms with E-state index >= 15 is 0 Å². The minimum atomic E-state index is -0.827. The van der Waals surface area contributed by atoms with Crippen LogP contribution in [0.5, 0.6) is 0 Å². The van der Waals surface area contributed by atoms with E-state index in [0.717, 1.165) is 48.5 Å². The Morgan fingerprint density at radius 3 is 2.75 bits per heavy atom. The number of carbonyl (C=O) groups is 3. The Morgan fingerprint density at radius 1 is 1.32 bits per heavy atom. The highest BCUT2D eigenvalue weighted by molar-refractivity contribution is 6.11. The lowest BCUT2D eigenvalue weighted by atomic mass is 9.73. The monoisotopic (exact) mass is 389 g/mol. The number of nitrogens with zero attached hydrogens (tertiary/aromatic N) is 2. The molecule has 7 nitrogen and oxygen atoms in total. The fourth-order valence-electron chi connectivity index (χ4n) is 4.66. The number of carbonyl (C=O) groups excluding carboxylic acids is 3. The maximum absolute atomic E-state index is 13.1. The molecule has 2 heterocycles. The van der Waals surface area contributed by atoms with Gasteiger partial charge < -0.3 is 14.6 Å². The minimum Gasteiger partial charge on any atom is -0.385 e. The first-order chi connectivity index (χ1) is 13.3. The first kappa shape index (κ1) is 20.6. The zero-order valence-corrected chi connectivity index (χ0v) is 17.3. The van der Waals surface area contributed by atoms with Gasteiger partial charge in [-0.1, -0.05) is 19.8 Å². The van der Waals surface area contributed by atoms with Gasteiger partial charge in [-0.05, 0) is 45.1 Å². The molecule has 1 aliphatic heterocycles. The fourth-order valence-corrected chi connectivity index (χ4v) is 4.66. The number of amides is 3. The number of hydrogen-bond acceptors (Lipinski definition) is 4. The van der Waals surface area contributed by atoms with Crippen LogP contribution in [0.25, 0.3) is 0 Å². The van der Waals surface area contributed by atoms with Crippen molar-refractivity contribution in [3.05, 3.63) is 23.0 Å². The molecule has 1 aliphatic carbocycles. The number of urea groups is 1. The lowest BCUT2D eigenvalue weighted by Gasteiger charge is -2.36. The predicted molar refractivity (Wildman–Crippen MR) is 105 cm³/mol. The van der Waals surface area contributed by atoms with Crippen LogP contribution in [0.15, 0.2) is 6.07 Å². The van der Waals surface area contributed by atoms with Gasteiger partial charge in [0.05, 0.1) is 6.54 Å². The van der Waals surface area contributed by atoms with Gasteiger partial charge in [-0.15, -0.1) is 0 Å². The molecular weight excluding hydrogens is 358 g/mol. The van der Waals surface area contributed by atoms with E-state index in [2.05, 4.69) is 9.88 Å². The van der Waals surface area contributed by atoms with Crippen LogP contribution in [-0.2, 0) is 16.1 Å². The topological polar surface area (TPSA) is 80.6 Å². The van der Waals surface area contributed by atoms with E-state index in [0.29, 0.717) is 18.6 Å². The number of Topliss-reactive ketones (excluding diaryl/α,β-unsaturated/α-hetero) is 1. The largest absolute Gasteiger partial charge is 0.385 e. The van der Waals surface area contributed by atoms with Crippen molar-refractivity contribution in [2.45, 2.75) is 65.0 Å². The lowest BCUT2D eigenvalue weighted by molar-refractivity contribution is -0.133. The quantitative estimate of drug-likeness (QED) is 0.442. The molecule has 1 aromatic rings. The molecule has 2 aliphatic rings. The normalized spacial score (nSPS) is 24.9. The number of nitrogens with one attached hydrogen (secondary N) is 1. The van der Waals surface area contributed by atoms with Gasteiger partial charge in [-0.3, -0.25) is 14.5 Å². The van der Waals surface area contributed by atoms with Crippen molar-refractivity contribution in [1.29, 1.82) is 0 Å². The Hall–Kier alpha value is -2.15. The molecule has 154 valence electrons. The molecule has 3 rings (SSSR count). The summed E-state index contributed by atoms with van der Waals surface area (Å²) in [5, 5.41) is 2.91. The van der Waals surface area contributed by atoms with E-state index in [1.165, 1.54) is 0 Å². The molecule has 1 saturated carbocycles. The average molecular weight is 389 g/mol. The van der Waals surface area contributed by atoms with Crippen molar-refractivity contribution in [2.75, 3.05) is 20.3 Å². The number of aryl methyl sites for hydroxylation is 1. The maximum Gasteiger partial charge on any atom is 0.325 e. The molecule has 1 aromatic heterocycles. The molecule has 2 atom stereocenters. The summed E-state index contributed by atoms with van der Waals surface area (Å²) in [6, 6.07) is 1.41. The predicted octanol–water partition coefficient (Wildman–Crippen LogP) is 2.82. The number of methoxy groups -OCH3 is 1. The van der Waals surface area contributed by atoms with Crippen LogP contribution in [-0.4, -0.2) is 53.0 Å². The molecule has 0 bridgehead atoms. The van der Waals surface area contributed by atoms with Crippen molar-refractivity contribution >= 4 is 17.7 Å². The van der Waals surface area contributed by atoms with Crippen molar-refractivity contribution < 1.29 is 19.1 Å². The molecule has 1 spiro atoms. The summed E-state index contributed by atoms with van der Waals surface area (Å²) in [4.78, 5) is 39.7. The number of hydrogen-bond donors (Lipinski definition) is 1. The van der Waals surface area contributed by atoms with Gasteiger partial charge in [0, 0.05) is 37.2 Å². The Bertz CT molecular complexity index is 785. The van der Waals surface area contributed by atoms with E-state index < -0.39 is 11.6 Å². The molecule has 3 amide bonds. The lowest BCUT2D eigenvalue weighted by Crippen LogP contribution is -2.54. The fraction of sp³-hybridized carbons (Fsp3) is 0.667. The van der Waals surface area contributed by atoms with Gasteiger partial charge in [0.1, 0.15) is 5.54 Å². The number of ketones is 1. The number of ether oxygens (including phenoxy) is 1. The summed E-state index contributed by atoms with van der Waals surface area (Å²) in [6.07, 6.45) is 4.41. The highest BCUT2D eigenvalue weighted by atomic mass is 16.5. The second-order valence-electron chi connectivity index (χ2n) is 8.15. The second-order valence-corrected chi connectivity index (χ2v) is 8.15. The number of aromatic nitrogens is 1. The molecule has 0 radical (unpaired) electrons. The van der Waals surface area contributed by atoms with Gasteiger partial charge in [0.15, 0.2) is 5.78 Å². The van der Waals surface area contributed by atoms with E-state index in [1.807, 2.05) is 26.8 Å². The Labute approximate surface area is 166 Å². The average Bonchev–Trinajstić information content (AvgIpc) is 3.07. The summed E-state index contributed by atoms with van der Waals surface area (Å²) < 4.78 is 7.19. The van der Waals surface area contributed by atoms with Gasteiger partial charge in [-0.25, -0.2) is 4.79 Å². The molecule has 28 heavy (non-hydrogen) atoms. The van der Waals surface area contributed by atoms with Crippen LogP contribution in [0.2, 0.25) is 0 Å². The van der Waals surface area contributed by atoms with Crippen LogP contribution < -0.4 is 5.32 Å². The highest BCUT2D eigenvalue weighted by Crippen LogP contribution is 2.38. The van der Waals surface area contributed by atoms with E-state index in [1.54, 1.807) is 7.11 Å². The maximum atomic E-state index is 13.1. The van der Waals surface area contributed by atoms with Gasteiger partial charge in [0.25, 0.3) is 5.91 Å². The first-order valence-corrected chi connectivity index (χ1v) is 10.1. The smallest absolute Gasteiger partial charge is 0.325 e. The van der Waals surface area contributed by atoms with E-state index in [4.69, 9.17) is 4.74 Å². The molecule has 7 heteroatoms. The van der Waals surface area contributed by atoms with Crippen LogP contribution in [0, 0.1) is 19.8 Å². The molecule has 0 aromatic carbocycles. The Kier molecular flexibility index (Phi) is 5.93. The highest BCUT2D eigenvalue weighted by Gasteiger charge is 2.55. The SMILES string of the molecule is COCCCn1c(C)cc(C(=O)CN2C(=O)N[C@@]3(CCCC[C@@H]3C)C2=O)c1C. The zero-order chi connectivity index (χ0) is 20.5. The van der Waals surface area contributed by atoms with Gasteiger partial charge in [0.2, 0.25) is 0 Å². The van der Waals surface area contributed by atoms with E-state index in [9.17, 15) is 14.4 Å². The molecule has 1 N–H and O–H groups in total. The Morgan fingerprint density at radius 2 is 2.07 bits per heavy atom. The summed E-state index contributed by atoms with van der Waals surface area (Å²) >= 11 is 0. The van der Waals surface area contributed by atoms with E-state index in [-0.39, 0.29) is 24.2 Å². The summed E-state index contributed by atoms with van der Waals surface area (Å²) in [7, 11) is 1.67. The third-order valence-electron chi connectivity index (χ3n) is 6.41. The Balaban J connectivity index is 1.75. The minimum absolute atomic E-state index is 0.0867. The number of rotatable bonds is 7. The zero-order valence-electron chi connectivity index (χ0n) is 17.3. The molecule has 0 unspecified atom stereocenters. The third-order valence-corrected chi connectivity index (χ3v) is 6.41. The van der Waals surface area contributed by atoms with Crippen LogP contribution >= 0.6 is 0 Å². The summed E-state index contributed by atoms with van der Waals surface area (Å²) in [5.74, 6) is -0.356. The summed E-state index contributed by atoms with van der Waals surface area (Å²) in [5.41, 5.74) is 1.61. The molecule has 1 saturated heterocycles. The summed E-state index contributed by atoms with van der Waals surface area (Å²) in [6.45, 7) is 7.09. The van der Waals surface area contributed by atoms with Crippen LogP contribution in [0.3, 0.4) is 0 Å². The van der Waals surface area contributed by atoms with Crippen molar-refractivity contribution in [2.24, 2.45) is 5.92 Å². The standard InChI is InChI=1S/C21H31N3O4/c1-14-8-5-6-9-21(14)19(26)24(20(27)22-21)13-18(25)17-12-15(2)23(16(17)3)10-7-11-28-4/h12,14H,5-11,13H2,1-4H3,(H,22,27)/t14-,21+/m0/s1. The third kappa shape index (κ3) is 3.48. The van der Waals surface area contributed by atoms with Crippen molar-refractivity contribution in [3.63, 3.8) is 0 Å². The molecular formula is C21H31N3O4. The second kappa shape index (κ2) is 8.07. The van der Waals surface area contributed by atoms with Gasteiger partial charge in [-0.2, -0.15) is 0 Å². The van der Waals surface area contributed by atoms with Gasteiger partial charge >= 0.3 is 6.03 Å².